The van der Waals surface area contributed by atoms with Gasteiger partial charge in [-0.3, -0.25) is 14.9 Å². The third kappa shape index (κ3) is 3.81. The van der Waals surface area contributed by atoms with E-state index in [9.17, 15) is 14.9 Å². The number of nitrogens with zero attached hydrogens (tertiary/aromatic N) is 3. The first-order valence-electron chi connectivity index (χ1n) is 7.55. The molecule has 25 heavy (non-hydrogen) atoms. The molecule has 1 aliphatic heterocycles. The fourth-order valence-corrected chi connectivity index (χ4v) is 2.84. The van der Waals surface area contributed by atoms with E-state index in [0.717, 1.165) is 17.7 Å². The molecule has 0 fully saturated rings. The number of benzene rings is 2. The Balaban J connectivity index is 1.85. The quantitative estimate of drug-likeness (QED) is 0.581. The van der Waals surface area contributed by atoms with Crippen LogP contribution in [0.4, 0.5) is 5.69 Å². The van der Waals surface area contributed by atoms with E-state index in [1.54, 1.807) is 24.3 Å². The van der Waals surface area contributed by atoms with Crippen molar-refractivity contribution in [3.63, 3.8) is 0 Å². The molecular weight excluding hydrogens is 365 g/mol. The Morgan fingerprint density at radius 3 is 2.48 bits per heavy atom. The van der Waals surface area contributed by atoms with Crippen LogP contribution in [0.3, 0.4) is 0 Å². The minimum absolute atomic E-state index is 0.0175. The van der Waals surface area contributed by atoms with E-state index in [0.29, 0.717) is 28.6 Å². The van der Waals surface area contributed by atoms with E-state index in [2.05, 4.69) is 5.10 Å². The Bertz CT molecular complexity index is 866. The molecule has 8 heteroatoms. The third-order valence-corrected chi connectivity index (χ3v) is 4.58. The van der Waals surface area contributed by atoms with E-state index in [1.165, 1.54) is 23.2 Å². The molecule has 0 bridgehead atoms. The number of carbonyl (C=O) groups excluding carboxylic acids is 1. The van der Waals surface area contributed by atoms with Gasteiger partial charge in [0.05, 0.1) is 20.7 Å². The van der Waals surface area contributed by atoms with Crippen LogP contribution in [0.15, 0.2) is 47.6 Å². The molecule has 1 amide bonds. The van der Waals surface area contributed by atoms with Crippen LogP contribution in [0.25, 0.3) is 0 Å². The lowest BCUT2D eigenvalue weighted by Crippen LogP contribution is -2.32. The summed E-state index contributed by atoms with van der Waals surface area (Å²) in [6, 6.07) is 10.8. The molecule has 0 radical (unpaired) electrons. The molecule has 0 aliphatic carbocycles. The average Bonchev–Trinajstić information content (AvgIpc) is 2.63. The molecule has 1 aliphatic rings. The first-order chi connectivity index (χ1) is 12.0. The van der Waals surface area contributed by atoms with Crippen molar-refractivity contribution in [1.29, 1.82) is 0 Å². The molecule has 2 aromatic carbocycles. The lowest BCUT2D eigenvalue weighted by Gasteiger charge is -2.24. The molecule has 0 atom stereocenters. The van der Waals surface area contributed by atoms with Crippen molar-refractivity contribution in [3.05, 3.63) is 73.8 Å². The van der Waals surface area contributed by atoms with Gasteiger partial charge < -0.3 is 0 Å². The van der Waals surface area contributed by atoms with Crippen molar-refractivity contribution < 1.29 is 9.72 Å². The number of rotatable bonds is 3. The molecular formula is C17H13Cl2N3O3. The number of amides is 1. The number of nitro benzene ring substituents is 1. The minimum Gasteiger partial charge on any atom is -0.267 e. The normalized spacial score (nSPS) is 14.2. The Morgan fingerprint density at radius 1 is 1.12 bits per heavy atom. The summed E-state index contributed by atoms with van der Waals surface area (Å²) in [5, 5.41) is 17.2. The standard InChI is InChI=1S/C17H13Cl2N3O3/c18-14-8-5-12(10-15(14)19)17(23)21-9-1-2-16(20-21)11-3-6-13(7-4-11)22(24)25/h3-8,10H,1-2,9H2. The predicted octanol–water partition coefficient (Wildman–Crippen LogP) is 4.54. The van der Waals surface area contributed by atoms with Gasteiger partial charge in [-0.1, -0.05) is 23.2 Å². The van der Waals surface area contributed by atoms with Crippen LogP contribution < -0.4 is 0 Å². The van der Waals surface area contributed by atoms with Gasteiger partial charge in [-0.2, -0.15) is 5.10 Å². The van der Waals surface area contributed by atoms with Crippen molar-refractivity contribution in [2.45, 2.75) is 12.8 Å². The van der Waals surface area contributed by atoms with Crippen molar-refractivity contribution in [1.82, 2.24) is 5.01 Å². The summed E-state index contributed by atoms with van der Waals surface area (Å²) >= 11 is 11.8. The van der Waals surface area contributed by atoms with Crippen LogP contribution >= 0.6 is 23.2 Å². The zero-order chi connectivity index (χ0) is 18.0. The van der Waals surface area contributed by atoms with Crippen LogP contribution in [0.1, 0.15) is 28.8 Å². The molecule has 0 spiro atoms. The second kappa shape index (κ2) is 7.21. The van der Waals surface area contributed by atoms with Crippen LogP contribution in [0.2, 0.25) is 10.0 Å². The summed E-state index contributed by atoms with van der Waals surface area (Å²) in [5.41, 5.74) is 1.90. The highest BCUT2D eigenvalue weighted by Crippen LogP contribution is 2.24. The molecule has 0 unspecified atom stereocenters. The topological polar surface area (TPSA) is 75.8 Å². The molecule has 128 valence electrons. The van der Waals surface area contributed by atoms with Gasteiger partial charge in [0.15, 0.2) is 0 Å². The number of hydrazone groups is 1. The van der Waals surface area contributed by atoms with Gasteiger partial charge in [-0.25, -0.2) is 5.01 Å². The number of hydrogen-bond donors (Lipinski definition) is 0. The summed E-state index contributed by atoms with van der Waals surface area (Å²) in [5.74, 6) is -0.266. The van der Waals surface area contributed by atoms with Crippen molar-refractivity contribution in [2.75, 3.05) is 6.54 Å². The molecule has 2 aromatic rings. The van der Waals surface area contributed by atoms with Gasteiger partial charge in [-0.05, 0) is 48.7 Å². The Labute approximate surface area is 153 Å². The number of nitro groups is 1. The molecule has 0 N–H and O–H groups in total. The van der Waals surface area contributed by atoms with Gasteiger partial charge in [-0.15, -0.1) is 0 Å². The number of carbonyl (C=O) groups is 1. The fraction of sp³-hybridized carbons (Fsp3) is 0.176. The van der Waals surface area contributed by atoms with E-state index < -0.39 is 4.92 Å². The molecule has 3 rings (SSSR count). The Hall–Kier alpha value is -2.44. The molecule has 1 heterocycles. The zero-order valence-corrected chi connectivity index (χ0v) is 14.5. The highest BCUT2D eigenvalue weighted by atomic mass is 35.5. The lowest BCUT2D eigenvalue weighted by molar-refractivity contribution is -0.384. The molecule has 0 aromatic heterocycles. The Morgan fingerprint density at radius 2 is 1.84 bits per heavy atom. The fourth-order valence-electron chi connectivity index (χ4n) is 2.54. The van der Waals surface area contributed by atoms with Gasteiger partial charge >= 0.3 is 0 Å². The average molecular weight is 378 g/mol. The van der Waals surface area contributed by atoms with Gasteiger partial charge in [0.1, 0.15) is 0 Å². The minimum atomic E-state index is -0.452. The lowest BCUT2D eigenvalue weighted by atomic mass is 10.0. The van der Waals surface area contributed by atoms with Crippen molar-refractivity contribution in [3.8, 4) is 0 Å². The second-order valence-electron chi connectivity index (χ2n) is 5.51. The Kier molecular flexibility index (Phi) is 5.01. The van der Waals surface area contributed by atoms with Crippen LogP contribution in [-0.2, 0) is 0 Å². The highest BCUT2D eigenvalue weighted by molar-refractivity contribution is 6.42. The summed E-state index contributed by atoms with van der Waals surface area (Å²) in [6.45, 7) is 0.496. The first-order valence-corrected chi connectivity index (χ1v) is 8.30. The predicted molar refractivity (Wildman–Crippen MR) is 96.4 cm³/mol. The van der Waals surface area contributed by atoms with Crippen LogP contribution in [-0.4, -0.2) is 28.1 Å². The number of hydrogen-bond acceptors (Lipinski definition) is 4. The largest absolute Gasteiger partial charge is 0.274 e. The van der Waals surface area contributed by atoms with E-state index in [-0.39, 0.29) is 11.6 Å². The first kappa shape index (κ1) is 17.4. The van der Waals surface area contributed by atoms with E-state index >= 15 is 0 Å². The number of halogens is 2. The maximum absolute atomic E-state index is 12.6. The molecule has 0 saturated carbocycles. The maximum atomic E-state index is 12.6. The van der Waals surface area contributed by atoms with Crippen LogP contribution in [0.5, 0.6) is 0 Å². The van der Waals surface area contributed by atoms with E-state index in [1.807, 2.05) is 0 Å². The number of non-ortho nitro benzene ring substituents is 1. The van der Waals surface area contributed by atoms with Crippen molar-refractivity contribution >= 4 is 40.5 Å². The summed E-state index contributed by atoms with van der Waals surface area (Å²) in [6.07, 6.45) is 1.45. The van der Waals surface area contributed by atoms with Crippen LogP contribution in [0, 0.1) is 10.1 Å². The van der Waals surface area contributed by atoms with Gasteiger partial charge in [0.2, 0.25) is 0 Å². The van der Waals surface area contributed by atoms with Gasteiger partial charge in [0.25, 0.3) is 11.6 Å². The zero-order valence-electron chi connectivity index (χ0n) is 13.0. The maximum Gasteiger partial charge on any atom is 0.274 e. The highest BCUT2D eigenvalue weighted by Gasteiger charge is 2.21. The third-order valence-electron chi connectivity index (χ3n) is 3.84. The smallest absolute Gasteiger partial charge is 0.267 e. The summed E-state index contributed by atoms with van der Waals surface area (Å²) in [7, 11) is 0. The molecule has 6 nitrogen and oxygen atoms in total. The summed E-state index contributed by atoms with van der Waals surface area (Å²) in [4.78, 5) is 22.9. The molecule has 0 saturated heterocycles. The summed E-state index contributed by atoms with van der Waals surface area (Å²) < 4.78 is 0. The SMILES string of the molecule is O=C(c1ccc(Cl)c(Cl)c1)N1CCCC(c2ccc([N+](=O)[O-])cc2)=N1. The van der Waals surface area contributed by atoms with Gasteiger partial charge in [0, 0.05) is 24.2 Å². The van der Waals surface area contributed by atoms with Crippen molar-refractivity contribution in [2.24, 2.45) is 5.10 Å². The van der Waals surface area contributed by atoms with E-state index in [4.69, 9.17) is 23.2 Å². The second-order valence-corrected chi connectivity index (χ2v) is 6.33. The monoisotopic (exact) mass is 377 g/mol.